The Morgan fingerprint density at radius 3 is 2.17 bits per heavy atom. The van der Waals surface area contributed by atoms with Gasteiger partial charge >= 0.3 is 5.97 Å². The van der Waals surface area contributed by atoms with Gasteiger partial charge in [0.1, 0.15) is 0 Å². The number of rotatable bonds is 3. The van der Waals surface area contributed by atoms with Crippen molar-refractivity contribution >= 4 is 17.6 Å². The zero-order valence-corrected chi connectivity index (χ0v) is 14.1. The Morgan fingerprint density at radius 2 is 1.71 bits per heavy atom. The summed E-state index contributed by atoms with van der Waals surface area (Å²) in [6.45, 7) is 7.68. The van der Waals surface area contributed by atoms with Gasteiger partial charge in [-0.15, -0.1) is 0 Å². The van der Waals surface area contributed by atoms with Gasteiger partial charge in [-0.3, -0.25) is 14.9 Å². The van der Waals surface area contributed by atoms with Crippen molar-refractivity contribution in [1.82, 2.24) is 4.90 Å². The highest BCUT2D eigenvalue weighted by atomic mass is 16.6. The number of benzene rings is 1. The second-order valence-corrected chi connectivity index (χ2v) is 7.26. The van der Waals surface area contributed by atoms with E-state index in [1.165, 1.54) is 6.07 Å². The predicted molar refractivity (Wildman–Crippen MR) is 88.1 cm³/mol. The summed E-state index contributed by atoms with van der Waals surface area (Å²) in [4.78, 5) is 35.7. The van der Waals surface area contributed by atoms with Crippen LogP contribution in [0.2, 0.25) is 0 Å². The Morgan fingerprint density at radius 1 is 1.17 bits per heavy atom. The second kappa shape index (κ2) is 6.59. The number of amides is 1. The zero-order valence-electron chi connectivity index (χ0n) is 14.1. The maximum absolute atomic E-state index is 12.6. The first-order chi connectivity index (χ1) is 11.1. The van der Waals surface area contributed by atoms with Crippen molar-refractivity contribution in [3.63, 3.8) is 0 Å². The summed E-state index contributed by atoms with van der Waals surface area (Å²) in [6, 6.07) is 3.31. The fourth-order valence-corrected chi connectivity index (χ4v) is 3.09. The summed E-state index contributed by atoms with van der Waals surface area (Å²) in [5.74, 6) is -1.13. The monoisotopic (exact) mass is 334 g/mol. The number of carbonyl (C=O) groups is 2. The molecule has 0 bridgehead atoms. The third kappa shape index (κ3) is 3.90. The van der Waals surface area contributed by atoms with Gasteiger partial charge in [-0.25, -0.2) is 4.79 Å². The molecule has 7 nitrogen and oxygen atoms in total. The Hall–Kier alpha value is -2.44. The average Bonchev–Trinajstić information content (AvgIpc) is 2.53. The molecule has 1 aliphatic rings. The molecule has 24 heavy (non-hydrogen) atoms. The molecule has 1 aromatic carbocycles. The van der Waals surface area contributed by atoms with Gasteiger partial charge in [0.2, 0.25) is 0 Å². The van der Waals surface area contributed by atoms with Crippen LogP contribution in [0.1, 0.15) is 54.3 Å². The average molecular weight is 334 g/mol. The van der Waals surface area contributed by atoms with Crippen molar-refractivity contribution < 1.29 is 19.6 Å². The molecule has 1 saturated heterocycles. The van der Waals surface area contributed by atoms with E-state index in [0.717, 1.165) is 25.0 Å². The number of carboxylic acids is 1. The van der Waals surface area contributed by atoms with Crippen LogP contribution < -0.4 is 0 Å². The summed E-state index contributed by atoms with van der Waals surface area (Å²) >= 11 is 0. The van der Waals surface area contributed by atoms with Crippen LogP contribution in [0.15, 0.2) is 18.2 Å². The lowest BCUT2D eigenvalue weighted by Gasteiger charge is -2.38. The summed E-state index contributed by atoms with van der Waals surface area (Å²) in [5, 5.41) is 20.1. The number of carbonyl (C=O) groups excluding carboxylic acids is 1. The number of piperidine rings is 1. The summed E-state index contributed by atoms with van der Waals surface area (Å²) in [6.07, 6.45) is 1.74. The Bertz CT molecular complexity index is 638. The van der Waals surface area contributed by atoms with Gasteiger partial charge in [0.25, 0.3) is 11.6 Å². The lowest BCUT2D eigenvalue weighted by molar-refractivity contribution is -0.384. The van der Waals surface area contributed by atoms with E-state index in [9.17, 15) is 19.7 Å². The molecule has 1 fully saturated rings. The molecular formula is C17H22N2O5. The molecule has 1 aromatic rings. The van der Waals surface area contributed by atoms with E-state index in [0.29, 0.717) is 19.0 Å². The standard InChI is InChI=1S/C17H22N2O5/c1-17(2,3)13-4-6-18(7-5-13)15(20)11-8-12(16(21)22)10-14(9-11)19(23)24/h8-10,13H,4-7H2,1-3H3,(H,21,22). The first-order valence-corrected chi connectivity index (χ1v) is 7.91. The van der Waals surface area contributed by atoms with E-state index >= 15 is 0 Å². The van der Waals surface area contributed by atoms with Crippen LogP contribution in [0.5, 0.6) is 0 Å². The molecular weight excluding hydrogens is 312 g/mol. The molecule has 130 valence electrons. The highest BCUT2D eigenvalue weighted by molar-refractivity contribution is 5.98. The molecule has 7 heteroatoms. The minimum absolute atomic E-state index is 0.0517. The zero-order chi connectivity index (χ0) is 18.1. The minimum Gasteiger partial charge on any atom is -0.478 e. The van der Waals surface area contributed by atoms with Gasteiger partial charge in [0.05, 0.1) is 10.5 Å². The Kier molecular flexibility index (Phi) is 4.91. The van der Waals surface area contributed by atoms with Gasteiger partial charge in [0.15, 0.2) is 0 Å². The fourth-order valence-electron chi connectivity index (χ4n) is 3.09. The maximum Gasteiger partial charge on any atom is 0.335 e. The first kappa shape index (κ1) is 17.9. The van der Waals surface area contributed by atoms with Gasteiger partial charge in [-0.2, -0.15) is 0 Å². The second-order valence-electron chi connectivity index (χ2n) is 7.26. The molecule has 0 atom stereocenters. The van der Waals surface area contributed by atoms with E-state index in [1.807, 2.05) is 0 Å². The molecule has 2 rings (SSSR count). The number of non-ortho nitro benzene ring substituents is 1. The smallest absolute Gasteiger partial charge is 0.335 e. The molecule has 1 N–H and O–H groups in total. The number of nitro benzene ring substituents is 1. The van der Waals surface area contributed by atoms with Crippen molar-refractivity contribution in [3.8, 4) is 0 Å². The molecule has 0 aliphatic carbocycles. The van der Waals surface area contributed by atoms with E-state index in [-0.39, 0.29) is 28.1 Å². The predicted octanol–water partition coefficient (Wildman–Crippen LogP) is 3.19. The van der Waals surface area contributed by atoms with Crippen molar-refractivity contribution in [3.05, 3.63) is 39.4 Å². The summed E-state index contributed by atoms with van der Waals surface area (Å²) in [5.41, 5.74) is -0.410. The number of nitrogens with zero attached hydrogens (tertiary/aromatic N) is 2. The number of aromatic carboxylic acids is 1. The van der Waals surface area contributed by atoms with Gasteiger partial charge in [-0.05, 0) is 30.2 Å². The van der Waals surface area contributed by atoms with Gasteiger partial charge < -0.3 is 10.0 Å². The fraction of sp³-hybridized carbons (Fsp3) is 0.529. The summed E-state index contributed by atoms with van der Waals surface area (Å²) < 4.78 is 0. The molecule has 0 radical (unpaired) electrons. The summed E-state index contributed by atoms with van der Waals surface area (Å²) in [7, 11) is 0. The lowest BCUT2D eigenvalue weighted by atomic mass is 9.75. The molecule has 0 spiro atoms. The highest BCUT2D eigenvalue weighted by Gasteiger charge is 2.31. The van der Waals surface area contributed by atoms with Crippen LogP contribution >= 0.6 is 0 Å². The quantitative estimate of drug-likeness (QED) is 0.676. The van der Waals surface area contributed by atoms with Crippen LogP contribution in [0, 0.1) is 21.4 Å². The molecule has 0 aromatic heterocycles. The topological polar surface area (TPSA) is 101 Å². The third-order valence-electron chi connectivity index (χ3n) is 4.63. The highest BCUT2D eigenvalue weighted by Crippen LogP contribution is 2.34. The number of hydrogen-bond acceptors (Lipinski definition) is 4. The van der Waals surface area contributed by atoms with Crippen molar-refractivity contribution in [2.75, 3.05) is 13.1 Å². The SMILES string of the molecule is CC(C)(C)C1CCN(C(=O)c2cc(C(=O)O)cc([N+](=O)[O-])c2)CC1. The van der Waals surface area contributed by atoms with Crippen LogP contribution in [0.3, 0.4) is 0 Å². The normalized spacial score (nSPS) is 16.0. The third-order valence-corrected chi connectivity index (χ3v) is 4.63. The first-order valence-electron chi connectivity index (χ1n) is 7.91. The molecule has 1 aliphatic heterocycles. The van der Waals surface area contributed by atoms with Crippen LogP contribution in [0.4, 0.5) is 5.69 Å². The maximum atomic E-state index is 12.6. The number of hydrogen-bond donors (Lipinski definition) is 1. The molecule has 1 amide bonds. The van der Waals surface area contributed by atoms with E-state index < -0.39 is 10.9 Å². The van der Waals surface area contributed by atoms with Crippen LogP contribution in [-0.4, -0.2) is 39.9 Å². The van der Waals surface area contributed by atoms with Crippen LogP contribution in [-0.2, 0) is 0 Å². The van der Waals surface area contributed by atoms with E-state index in [1.54, 1.807) is 4.90 Å². The Balaban J connectivity index is 2.21. The largest absolute Gasteiger partial charge is 0.478 e. The number of nitro groups is 1. The molecule has 1 heterocycles. The van der Waals surface area contributed by atoms with Crippen molar-refractivity contribution in [2.45, 2.75) is 33.6 Å². The van der Waals surface area contributed by atoms with Gasteiger partial charge in [0, 0.05) is 30.8 Å². The Labute approximate surface area is 140 Å². The van der Waals surface area contributed by atoms with Crippen molar-refractivity contribution in [2.24, 2.45) is 11.3 Å². The van der Waals surface area contributed by atoms with Gasteiger partial charge in [-0.1, -0.05) is 20.8 Å². The lowest BCUT2D eigenvalue weighted by Crippen LogP contribution is -2.41. The number of carboxylic acid groups (broad SMARTS) is 1. The van der Waals surface area contributed by atoms with Crippen molar-refractivity contribution in [1.29, 1.82) is 0 Å². The van der Waals surface area contributed by atoms with E-state index in [2.05, 4.69) is 20.8 Å². The molecule has 0 saturated carbocycles. The van der Waals surface area contributed by atoms with Crippen LogP contribution in [0.25, 0.3) is 0 Å². The molecule has 0 unspecified atom stereocenters. The number of likely N-dealkylation sites (tertiary alicyclic amines) is 1. The minimum atomic E-state index is -1.29. The van der Waals surface area contributed by atoms with E-state index in [4.69, 9.17) is 5.11 Å².